The minimum atomic E-state index is -0.274. The number of carbonyl (C=O) groups excluding carboxylic acids is 1. The molecule has 1 aromatic rings. The van der Waals surface area contributed by atoms with Crippen molar-refractivity contribution in [2.24, 2.45) is 0 Å². The van der Waals surface area contributed by atoms with Gasteiger partial charge in [0.05, 0.1) is 6.61 Å². The van der Waals surface area contributed by atoms with Gasteiger partial charge in [-0.3, -0.25) is 4.79 Å². The third-order valence-corrected chi connectivity index (χ3v) is 3.23. The van der Waals surface area contributed by atoms with E-state index in [1.165, 1.54) is 11.1 Å². The second-order valence-electron chi connectivity index (χ2n) is 5.44. The minimum Gasteiger partial charge on any atom is -0.394 e. The Morgan fingerprint density at radius 2 is 2.17 bits per heavy atom. The Morgan fingerprint density at radius 3 is 2.89 bits per heavy atom. The summed E-state index contributed by atoms with van der Waals surface area (Å²) in [6, 6.07) is 6.08. The summed E-state index contributed by atoms with van der Waals surface area (Å²) in [7, 11) is 0. The molecule has 3 N–H and O–H groups in total. The number of hydrogen-bond acceptors (Lipinski definition) is 3. The molecule has 0 unspecified atom stereocenters. The third kappa shape index (κ3) is 3.09. The molecule has 0 aliphatic carbocycles. The van der Waals surface area contributed by atoms with Gasteiger partial charge in [-0.2, -0.15) is 0 Å². The zero-order valence-corrected chi connectivity index (χ0v) is 10.9. The Morgan fingerprint density at radius 1 is 1.39 bits per heavy atom. The molecule has 0 saturated heterocycles. The number of carbonyl (C=O) groups is 1. The average molecular weight is 248 g/mol. The van der Waals surface area contributed by atoms with Crippen molar-refractivity contribution in [2.75, 3.05) is 11.9 Å². The highest BCUT2D eigenvalue weighted by atomic mass is 16.3. The van der Waals surface area contributed by atoms with Crippen LogP contribution >= 0.6 is 0 Å². The van der Waals surface area contributed by atoms with Crippen LogP contribution in [-0.2, 0) is 17.8 Å². The van der Waals surface area contributed by atoms with Gasteiger partial charge in [0, 0.05) is 24.2 Å². The van der Waals surface area contributed by atoms with Crippen LogP contribution in [0.3, 0.4) is 0 Å². The van der Waals surface area contributed by atoms with Crippen molar-refractivity contribution < 1.29 is 9.90 Å². The number of amides is 1. The Bertz CT molecular complexity index is 455. The van der Waals surface area contributed by atoms with Crippen LogP contribution in [0.4, 0.5) is 5.69 Å². The van der Waals surface area contributed by atoms with Crippen LogP contribution in [0.25, 0.3) is 0 Å². The van der Waals surface area contributed by atoms with E-state index < -0.39 is 0 Å². The van der Waals surface area contributed by atoms with Gasteiger partial charge in [-0.15, -0.1) is 0 Å². The number of aryl methyl sites for hydroxylation is 1. The monoisotopic (exact) mass is 248 g/mol. The van der Waals surface area contributed by atoms with Crippen molar-refractivity contribution in [3.05, 3.63) is 29.3 Å². The molecule has 0 aromatic heterocycles. The van der Waals surface area contributed by atoms with E-state index in [4.69, 9.17) is 0 Å². The molecule has 0 atom stereocenters. The maximum Gasteiger partial charge on any atom is 0.224 e. The van der Waals surface area contributed by atoms with Crippen LogP contribution < -0.4 is 10.6 Å². The number of rotatable bonds is 4. The van der Waals surface area contributed by atoms with Gasteiger partial charge in [-0.1, -0.05) is 12.1 Å². The lowest BCUT2D eigenvalue weighted by molar-refractivity contribution is -0.116. The Labute approximate surface area is 107 Å². The Balaban J connectivity index is 2.05. The molecule has 4 heteroatoms. The Kier molecular flexibility index (Phi) is 3.68. The molecule has 0 fully saturated rings. The SMILES string of the molecule is CC(C)(CO)NCc1ccc2c(c1)CCC(=O)N2. The quantitative estimate of drug-likeness (QED) is 0.755. The zero-order chi connectivity index (χ0) is 13.2. The molecule has 1 amide bonds. The van der Waals surface area contributed by atoms with Gasteiger partial charge in [0.25, 0.3) is 0 Å². The fourth-order valence-corrected chi connectivity index (χ4v) is 1.94. The molecule has 0 radical (unpaired) electrons. The first-order chi connectivity index (χ1) is 8.50. The van der Waals surface area contributed by atoms with Gasteiger partial charge < -0.3 is 15.7 Å². The van der Waals surface area contributed by atoms with Crippen molar-refractivity contribution in [1.29, 1.82) is 0 Å². The van der Waals surface area contributed by atoms with E-state index in [1.807, 2.05) is 26.0 Å². The summed E-state index contributed by atoms with van der Waals surface area (Å²) in [5.74, 6) is 0.0924. The molecule has 18 heavy (non-hydrogen) atoms. The van der Waals surface area contributed by atoms with E-state index in [0.29, 0.717) is 6.42 Å². The summed E-state index contributed by atoms with van der Waals surface area (Å²) >= 11 is 0. The lowest BCUT2D eigenvalue weighted by atomic mass is 9.99. The standard InChI is InChI=1S/C14H20N2O2/c1-14(2,9-17)15-8-10-3-5-12-11(7-10)4-6-13(18)16-12/h3,5,7,15,17H,4,6,8-9H2,1-2H3,(H,16,18). The third-order valence-electron chi connectivity index (χ3n) is 3.23. The molecule has 0 saturated carbocycles. The molecule has 98 valence electrons. The van der Waals surface area contributed by atoms with Gasteiger partial charge in [0.15, 0.2) is 0 Å². The van der Waals surface area contributed by atoms with Crippen molar-refractivity contribution in [3.63, 3.8) is 0 Å². The molecule has 0 bridgehead atoms. The van der Waals surface area contributed by atoms with Crippen LogP contribution in [0.5, 0.6) is 0 Å². The fraction of sp³-hybridized carbons (Fsp3) is 0.500. The molecule has 1 aliphatic heterocycles. The highest BCUT2D eigenvalue weighted by molar-refractivity contribution is 5.93. The van der Waals surface area contributed by atoms with Gasteiger partial charge >= 0.3 is 0 Å². The number of anilines is 1. The largest absolute Gasteiger partial charge is 0.394 e. The van der Waals surface area contributed by atoms with Crippen LogP contribution in [-0.4, -0.2) is 23.2 Å². The van der Waals surface area contributed by atoms with Gasteiger partial charge in [-0.25, -0.2) is 0 Å². The molecule has 2 rings (SSSR count). The minimum absolute atomic E-state index is 0.0924. The van der Waals surface area contributed by atoms with E-state index in [1.54, 1.807) is 0 Å². The fourth-order valence-electron chi connectivity index (χ4n) is 1.94. The van der Waals surface area contributed by atoms with Gasteiger partial charge in [-0.05, 0) is 37.5 Å². The topological polar surface area (TPSA) is 61.4 Å². The van der Waals surface area contributed by atoms with E-state index >= 15 is 0 Å². The van der Waals surface area contributed by atoms with Crippen LogP contribution in [0, 0.1) is 0 Å². The molecular formula is C14H20N2O2. The number of nitrogens with one attached hydrogen (secondary N) is 2. The predicted molar refractivity (Wildman–Crippen MR) is 71.4 cm³/mol. The summed E-state index contributed by atoms with van der Waals surface area (Å²) in [6.07, 6.45) is 1.37. The maximum atomic E-state index is 11.3. The molecular weight excluding hydrogens is 228 g/mol. The predicted octanol–water partition coefficient (Wildman–Crippen LogP) is 1.43. The lowest BCUT2D eigenvalue weighted by Gasteiger charge is -2.24. The number of fused-ring (bicyclic) bond motifs is 1. The van der Waals surface area contributed by atoms with E-state index in [0.717, 1.165) is 18.7 Å². The molecule has 4 nitrogen and oxygen atoms in total. The van der Waals surface area contributed by atoms with E-state index in [-0.39, 0.29) is 18.1 Å². The summed E-state index contributed by atoms with van der Waals surface area (Å²) in [6.45, 7) is 4.75. The highest BCUT2D eigenvalue weighted by Gasteiger charge is 2.17. The number of aliphatic hydroxyl groups is 1. The van der Waals surface area contributed by atoms with E-state index in [2.05, 4.69) is 16.7 Å². The molecule has 0 spiro atoms. The number of hydrogen-bond donors (Lipinski definition) is 3. The van der Waals surface area contributed by atoms with Crippen molar-refractivity contribution in [1.82, 2.24) is 5.32 Å². The summed E-state index contributed by atoms with van der Waals surface area (Å²) < 4.78 is 0. The molecule has 1 aromatic carbocycles. The second-order valence-corrected chi connectivity index (χ2v) is 5.44. The van der Waals surface area contributed by atoms with Crippen molar-refractivity contribution >= 4 is 11.6 Å². The first-order valence-electron chi connectivity index (χ1n) is 6.28. The van der Waals surface area contributed by atoms with Crippen LogP contribution in [0.1, 0.15) is 31.4 Å². The van der Waals surface area contributed by atoms with Crippen LogP contribution in [0.2, 0.25) is 0 Å². The van der Waals surface area contributed by atoms with Gasteiger partial charge in [0.2, 0.25) is 5.91 Å². The first kappa shape index (κ1) is 13.1. The van der Waals surface area contributed by atoms with Gasteiger partial charge in [0.1, 0.15) is 0 Å². The van der Waals surface area contributed by atoms with Crippen molar-refractivity contribution in [3.8, 4) is 0 Å². The number of aliphatic hydroxyl groups excluding tert-OH is 1. The smallest absolute Gasteiger partial charge is 0.224 e. The Hall–Kier alpha value is -1.39. The molecule has 1 heterocycles. The summed E-state index contributed by atoms with van der Waals surface area (Å²) in [5.41, 5.74) is 3.02. The normalized spacial score (nSPS) is 15.2. The summed E-state index contributed by atoms with van der Waals surface area (Å²) in [4.78, 5) is 11.3. The lowest BCUT2D eigenvalue weighted by Crippen LogP contribution is -2.42. The summed E-state index contributed by atoms with van der Waals surface area (Å²) in [5, 5.41) is 15.4. The van der Waals surface area contributed by atoms with Crippen LogP contribution in [0.15, 0.2) is 18.2 Å². The highest BCUT2D eigenvalue weighted by Crippen LogP contribution is 2.23. The number of benzene rings is 1. The van der Waals surface area contributed by atoms with E-state index in [9.17, 15) is 9.90 Å². The average Bonchev–Trinajstić information content (AvgIpc) is 2.36. The van der Waals surface area contributed by atoms with Crippen molar-refractivity contribution in [2.45, 2.75) is 38.8 Å². The first-order valence-corrected chi connectivity index (χ1v) is 6.28. The molecule has 1 aliphatic rings. The maximum absolute atomic E-state index is 11.3. The second kappa shape index (κ2) is 5.08. The zero-order valence-electron chi connectivity index (χ0n) is 10.9.